The summed E-state index contributed by atoms with van der Waals surface area (Å²) in [4.78, 5) is 16.2. The van der Waals surface area contributed by atoms with E-state index in [1.807, 2.05) is 0 Å². The van der Waals surface area contributed by atoms with Crippen LogP contribution in [-0.4, -0.2) is 23.9 Å². The van der Waals surface area contributed by atoms with E-state index >= 15 is 0 Å². The number of benzene rings is 1. The van der Waals surface area contributed by atoms with E-state index in [1.54, 1.807) is 19.1 Å². The molecule has 8 heteroatoms. The predicted molar refractivity (Wildman–Crippen MR) is 79.7 cm³/mol. The molecule has 2 rings (SSSR count). The van der Waals surface area contributed by atoms with Gasteiger partial charge in [0.25, 0.3) is 5.91 Å². The molecule has 0 unspecified atom stereocenters. The second-order valence-corrected chi connectivity index (χ2v) is 4.63. The third kappa shape index (κ3) is 4.87. The minimum Gasteiger partial charge on any atom is -0.477 e. The molecule has 0 radical (unpaired) electrons. The first-order chi connectivity index (χ1) is 11.4. The van der Waals surface area contributed by atoms with E-state index < -0.39 is 12.3 Å². The van der Waals surface area contributed by atoms with Gasteiger partial charge in [-0.3, -0.25) is 4.79 Å². The molecule has 0 bridgehead atoms. The van der Waals surface area contributed by atoms with Gasteiger partial charge in [-0.1, -0.05) is 18.2 Å². The van der Waals surface area contributed by atoms with Crippen molar-refractivity contribution in [3.63, 3.8) is 0 Å². The molecule has 0 spiro atoms. The number of alkyl halides is 3. The van der Waals surface area contributed by atoms with Crippen LogP contribution in [0.2, 0.25) is 0 Å². The van der Waals surface area contributed by atoms with Gasteiger partial charge in [-0.25, -0.2) is 4.98 Å². The third-order valence-electron chi connectivity index (χ3n) is 2.93. The standard InChI is InChI=1S/C16H15F3N2O3/c1-2-23-15-12(7-5-9-20-15)14(22)21-10-11-6-3-4-8-13(11)24-16(17,18)19/h3-9H,2,10H2,1H3,(H,21,22). The summed E-state index contributed by atoms with van der Waals surface area (Å²) >= 11 is 0. The summed E-state index contributed by atoms with van der Waals surface area (Å²) in [5, 5.41) is 2.53. The summed E-state index contributed by atoms with van der Waals surface area (Å²) in [5.74, 6) is -0.702. The second kappa shape index (κ2) is 7.67. The van der Waals surface area contributed by atoms with Crippen molar-refractivity contribution in [1.82, 2.24) is 10.3 Å². The summed E-state index contributed by atoms with van der Waals surface area (Å²) in [6.45, 7) is 1.95. The van der Waals surface area contributed by atoms with E-state index in [2.05, 4.69) is 15.0 Å². The lowest BCUT2D eigenvalue weighted by atomic mass is 10.2. The number of para-hydroxylation sites is 1. The maximum absolute atomic E-state index is 12.4. The smallest absolute Gasteiger partial charge is 0.477 e. The van der Waals surface area contributed by atoms with Crippen LogP contribution in [0.15, 0.2) is 42.6 Å². The van der Waals surface area contributed by atoms with Crippen molar-refractivity contribution in [3.8, 4) is 11.6 Å². The molecule has 1 aromatic heterocycles. The Hall–Kier alpha value is -2.77. The van der Waals surface area contributed by atoms with Crippen LogP contribution < -0.4 is 14.8 Å². The molecule has 1 N–H and O–H groups in total. The van der Waals surface area contributed by atoms with Crippen LogP contribution in [0.1, 0.15) is 22.8 Å². The Morgan fingerprint density at radius 1 is 1.21 bits per heavy atom. The zero-order valence-electron chi connectivity index (χ0n) is 12.8. The van der Waals surface area contributed by atoms with Crippen LogP contribution in [0.4, 0.5) is 13.2 Å². The first-order valence-electron chi connectivity index (χ1n) is 7.10. The minimum absolute atomic E-state index is 0.133. The van der Waals surface area contributed by atoms with Gasteiger partial charge in [0, 0.05) is 18.3 Å². The quantitative estimate of drug-likeness (QED) is 0.876. The monoisotopic (exact) mass is 340 g/mol. The predicted octanol–water partition coefficient (Wildman–Crippen LogP) is 3.31. The Balaban J connectivity index is 2.10. The molecule has 0 fully saturated rings. The Bertz CT molecular complexity index is 705. The van der Waals surface area contributed by atoms with E-state index in [-0.39, 0.29) is 29.3 Å². The van der Waals surface area contributed by atoms with Gasteiger partial charge in [0.15, 0.2) is 0 Å². The van der Waals surface area contributed by atoms with Gasteiger partial charge in [-0.05, 0) is 25.1 Å². The summed E-state index contributed by atoms with van der Waals surface area (Å²) in [6, 6.07) is 8.68. The summed E-state index contributed by atoms with van der Waals surface area (Å²) in [7, 11) is 0. The molecule has 1 heterocycles. The number of nitrogens with zero attached hydrogens (tertiary/aromatic N) is 1. The lowest BCUT2D eigenvalue weighted by Gasteiger charge is -2.14. The van der Waals surface area contributed by atoms with E-state index in [0.29, 0.717) is 6.61 Å². The van der Waals surface area contributed by atoms with Crippen LogP contribution in [0, 0.1) is 0 Å². The van der Waals surface area contributed by atoms with Crippen LogP contribution in [0.25, 0.3) is 0 Å². The number of amides is 1. The SMILES string of the molecule is CCOc1ncccc1C(=O)NCc1ccccc1OC(F)(F)F. The van der Waals surface area contributed by atoms with Gasteiger partial charge < -0.3 is 14.8 Å². The number of halogens is 3. The number of carbonyl (C=O) groups is 1. The van der Waals surface area contributed by atoms with Crippen LogP contribution in [0.5, 0.6) is 11.6 Å². The Morgan fingerprint density at radius 2 is 1.96 bits per heavy atom. The highest BCUT2D eigenvalue weighted by atomic mass is 19.4. The number of hydrogen-bond acceptors (Lipinski definition) is 4. The molecule has 0 aliphatic heterocycles. The van der Waals surface area contributed by atoms with Crippen LogP contribution in [0.3, 0.4) is 0 Å². The maximum atomic E-state index is 12.4. The van der Waals surface area contributed by atoms with Crippen molar-refractivity contribution in [1.29, 1.82) is 0 Å². The van der Waals surface area contributed by atoms with Crippen LogP contribution in [-0.2, 0) is 6.54 Å². The normalized spacial score (nSPS) is 11.0. The van der Waals surface area contributed by atoms with Crippen molar-refractivity contribution < 1.29 is 27.4 Å². The van der Waals surface area contributed by atoms with E-state index in [0.717, 1.165) is 0 Å². The van der Waals surface area contributed by atoms with E-state index in [9.17, 15) is 18.0 Å². The fraction of sp³-hybridized carbons (Fsp3) is 0.250. The highest BCUT2D eigenvalue weighted by molar-refractivity contribution is 5.96. The van der Waals surface area contributed by atoms with E-state index in [1.165, 1.54) is 30.5 Å². The number of hydrogen-bond donors (Lipinski definition) is 1. The van der Waals surface area contributed by atoms with Gasteiger partial charge in [0.1, 0.15) is 11.3 Å². The summed E-state index contributed by atoms with van der Waals surface area (Å²) < 4.78 is 46.4. The van der Waals surface area contributed by atoms with Crippen molar-refractivity contribution in [2.24, 2.45) is 0 Å². The number of ether oxygens (including phenoxy) is 2. The van der Waals surface area contributed by atoms with Gasteiger partial charge in [-0.15, -0.1) is 13.2 Å². The molecule has 0 saturated carbocycles. The number of pyridine rings is 1. The van der Waals surface area contributed by atoms with Crippen molar-refractivity contribution >= 4 is 5.91 Å². The van der Waals surface area contributed by atoms with E-state index in [4.69, 9.17) is 4.74 Å². The zero-order valence-corrected chi connectivity index (χ0v) is 12.8. The first kappa shape index (κ1) is 17.6. The van der Waals surface area contributed by atoms with Crippen molar-refractivity contribution in [2.45, 2.75) is 19.8 Å². The molecule has 0 aliphatic carbocycles. The molecule has 0 saturated heterocycles. The lowest BCUT2D eigenvalue weighted by molar-refractivity contribution is -0.274. The van der Waals surface area contributed by atoms with Gasteiger partial charge in [0.2, 0.25) is 5.88 Å². The number of carbonyl (C=O) groups excluding carboxylic acids is 1. The third-order valence-corrected chi connectivity index (χ3v) is 2.93. The number of rotatable bonds is 6. The van der Waals surface area contributed by atoms with Gasteiger partial charge in [-0.2, -0.15) is 0 Å². The van der Waals surface area contributed by atoms with Crippen LogP contribution >= 0.6 is 0 Å². The maximum Gasteiger partial charge on any atom is 0.573 e. The highest BCUT2D eigenvalue weighted by Gasteiger charge is 2.32. The van der Waals surface area contributed by atoms with Crippen molar-refractivity contribution in [2.75, 3.05) is 6.61 Å². The molecule has 5 nitrogen and oxygen atoms in total. The Labute approximate surface area is 136 Å². The zero-order chi connectivity index (χ0) is 17.6. The molecule has 1 amide bonds. The molecule has 0 atom stereocenters. The molecule has 2 aromatic rings. The summed E-state index contributed by atoms with van der Waals surface area (Å²) in [6.07, 6.45) is -3.32. The number of aromatic nitrogens is 1. The van der Waals surface area contributed by atoms with Gasteiger partial charge >= 0.3 is 6.36 Å². The Morgan fingerprint density at radius 3 is 2.67 bits per heavy atom. The lowest BCUT2D eigenvalue weighted by Crippen LogP contribution is -2.25. The second-order valence-electron chi connectivity index (χ2n) is 4.63. The molecule has 24 heavy (non-hydrogen) atoms. The highest BCUT2D eigenvalue weighted by Crippen LogP contribution is 2.26. The average Bonchev–Trinajstić information content (AvgIpc) is 2.53. The molecule has 128 valence electrons. The fourth-order valence-corrected chi connectivity index (χ4v) is 1.96. The van der Waals surface area contributed by atoms with Crippen molar-refractivity contribution in [3.05, 3.63) is 53.7 Å². The topological polar surface area (TPSA) is 60.5 Å². The number of nitrogens with one attached hydrogen (secondary N) is 1. The first-order valence-corrected chi connectivity index (χ1v) is 7.10. The largest absolute Gasteiger partial charge is 0.573 e. The minimum atomic E-state index is -4.80. The molecular formula is C16H15F3N2O3. The molecule has 0 aliphatic rings. The van der Waals surface area contributed by atoms with Gasteiger partial charge in [0.05, 0.1) is 6.61 Å². The summed E-state index contributed by atoms with van der Waals surface area (Å²) in [5.41, 5.74) is 0.401. The molecular weight excluding hydrogens is 325 g/mol. The molecule has 1 aromatic carbocycles. The fourth-order valence-electron chi connectivity index (χ4n) is 1.96. The Kier molecular flexibility index (Phi) is 5.62. The average molecular weight is 340 g/mol.